The fourth-order valence-corrected chi connectivity index (χ4v) is 3.76. The molecule has 4 nitrogen and oxygen atoms in total. The molecule has 0 aliphatic heterocycles. The van der Waals surface area contributed by atoms with Crippen molar-refractivity contribution in [2.75, 3.05) is 13.7 Å². The van der Waals surface area contributed by atoms with Gasteiger partial charge in [-0.05, 0) is 25.1 Å². The van der Waals surface area contributed by atoms with Gasteiger partial charge in [0.25, 0.3) is 5.91 Å². The Morgan fingerprint density at radius 1 is 1.29 bits per heavy atom. The van der Waals surface area contributed by atoms with E-state index in [2.05, 4.69) is 0 Å². The third-order valence-corrected chi connectivity index (χ3v) is 5.04. The number of methoxy groups -OCH3 is 1. The lowest BCUT2D eigenvalue weighted by atomic mass is 10.1. The molecule has 0 fully saturated rings. The molecule has 1 amide bonds. The summed E-state index contributed by atoms with van der Waals surface area (Å²) in [7, 11) is 1.61. The Labute approximate surface area is 149 Å². The maximum atomic E-state index is 13.0. The number of rotatable bonds is 6. The highest BCUT2D eigenvalue weighted by atomic mass is 35.5. The van der Waals surface area contributed by atoms with Crippen LogP contribution in [0.1, 0.15) is 27.9 Å². The van der Waals surface area contributed by atoms with Crippen LogP contribution in [0.15, 0.2) is 40.8 Å². The SMILES string of the molecule is CCN(Cc1ccc(Cl)s1)C(=O)c1oc2ccccc2c1COC. The van der Waals surface area contributed by atoms with E-state index in [1.807, 2.05) is 43.3 Å². The standard InChI is InChI=1S/C18H18ClNO3S/c1-3-20(10-12-8-9-16(19)24-12)18(21)17-14(11-22-2)13-6-4-5-7-15(13)23-17/h4-9H,3,10-11H2,1-2H3. The summed E-state index contributed by atoms with van der Waals surface area (Å²) in [5.74, 6) is 0.216. The van der Waals surface area contributed by atoms with E-state index >= 15 is 0 Å². The van der Waals surface area contributed by atoms with Gasteiger partial charge in [-0.25, -0.2) is 0 Å². The number of ether oxygens (including phenoxy) is 1. The predicted octanol–water partition coefficient (Wildman–Crippen LogP) is 4.96. The van der Waals surface area contributed by atoms with Gasteiger partial charge in [-0.2, -0.15) is 0 Å². The Kier molecular flexibility index (Phi) is 5.23. The average molecular weight is 364 g/mol. The molecule has 2 heterocycles. The van der Waals surface area contributed by atoms with Gasteiger partial charge in [-0.15, -0.1) is 11.3 Å². The van der Waals surface area contributed by atoms with Crippen LogP contribution < -0.4 is 0 Å². The quantitative estimate of drug-likeness (QED) is 0.621. The lowest BCUT2D eigenvalue weighted by Gasteiger charge is -2.19. The van der Waals surface area contributed by atoms with Crippen LogP contribution in [0, 0.1) is 0 Å². The van der Waals surface area contributed by atoms with Crippen molar-refractivity contribution in [2.45, 2.75) is 20.1 Å². The van der Waals surface area contributed by atoms with E-state index in [-0.39, 0.29) is 5.91 Å². The molecule has 6 heteroatoms. The van der Waals surface area contributed by atoms with Gasteiger partial charge in [-0.1, -0.05) is 29.8 Å². The van der Waals surface area contributed by atoms with E-state index in [1.54, 1.807) is 12.0 Å². The van der Waals surface area contributed by atoms with Crippen LogP contribution in [0.25, 0.3) is 11.0 Å². The number of hydrogen-bond acceptors (Lipinski definition) is 4. The molecule has 0 atom stereocenters. The minimum atomic E-state index is -0.134. The van der Waals surface area contributed by atoms with Gasteiger partial charge in [0.15, 0.2) is 5.76 Å². The number of nitrogens with zero attached hydrogens (tertiary/aromatic N) is 1. The molecule has 0 radical (unpaired) electrons. The third-order valence-electron chi connectivity index (χ3n) is 3.83. The number of amides is 1. The zero-order chi connectivity index (χ0) is 17.1. The number of benzene rings is 1. The monoisotopic (exact) mass is 363 g/mol. The van der Waals surface area contributed by atoms with Crippen LogP contribution in [0.3, 0.4) is 0 Å². The Hall–Kier alpha value is -1.82. The average Bonchev–Trinajstić information content (AvgIpc) is 3.16. The van der Waals surface area contributed by atoms with E-state index in [1.165, 1.54) is 11.3 Å². The molecule has 0 spiro atoms. The minimum Gasteiger partial charge on any atom is -0.451 e. The van der Waals surface area contributed by atoms with Gasteiger partial charge in [0, 0.05) is 29.5 Å². The first-order chi connectivity index (χ1) is 11.6. The van der Waals surface area contributed by atoms with Crippen molar-refractivity contribution in [3.05, 3.63) is 56.9 Å². The van der Waals surface area contributed by atoms with Crippen LogP contribution in [-0.4, -0.2) is 24.5 Å². The Balaban J connectivity index is 1.95. The summed E-state index contributed by atoms with van der Waals surface area (Å²) < 4.78 is 11.8. The maximum absolute atomic E-state index is 13.0. The van der Waals surface area contributed by atoms with E-state index in [9.17, 15) is 4.79 Å². The molecule has 3 rings (SSSR count). The lowest BCUT2D eigenvalue weighted by molar-refractivity contribution is 0.0718. The van der Waals surface area contributed by atoms with Crippen molar-refractivity contribution in [3.63, 3.8) is 0 Å². The number of para-hydroxylation sites is 1. The first-order valence-corrected chi connectivity index (χ1v) is 8.86. The first-order valence-electron chi connectivity index (χ1n) is 7.66. The van der Waals surface area contributed by atoms with Crippen molar-refractivity contribution >= 4 is 39.8 Å². The summed E-state index contributed by atoms with van der Waals surface area (Å²) in [5, 5.41) is 0.915. The number of fused-ring (bicyclic) bond motifs is 1. The smallest absolute Gasteiger partial charge is 0.290 e. The van der Waals surface area contributed by atoms with E-state index in [4.69, 9.17) is 20.8 Å². The van der Waals surface area contributed by atoms with Crippen molar-refractivity contribution in [3.8, 4) is 0 Å². The Bertz CT molecular complexity index is 855. The molecular formula is C18H18ClNO3S. The number of hydrogen-bond donors (Lipinski definition) is 0. The van der Waals surface area contributed by atoms with Crippen LogP contribution >= 0.6 is 22.9 Å². The fraction of sp³-hybridized carbons (Fsp3) is 0.278. The molecular weight excluding hydrogens is 346 g/mol. The van der Waals surface area contributed by atoms with E-state index in [0.29, 0.717) is 31.0 Å². The fourth-order valence-electron chi connectivity index (χ4n) is 2.65. The summed E-state index contributed by atoms with van der Waals surface area (Å²) in [6.45, 7) is 3.38. The summed E-state index contributed by atoms with van der Waals surface area (Å²) >= 11 is 7.46. The van der Waals surface area contributed by atoms with Gasteiger partial charge >= 0.3 is 0 Å². The molecule has 0 aliphatic rings. The number of furan rings is 1. The van der Waals surface area contributed by atoms with Crippen molar-refractivity contribution < 1.29 is 13.9 Å². The van der Waals surface area contributed by atoms with E-state index in [0.717, 1.165) is 20.2 Å². The second-order valence-corrected chi connectivity index (χ2v) is 7.16. The second kappa shape index (κ2) is 7.38. The molecule has 2 aromatic heterocycles. The molecule has 0 N–H and O–H groups in total. The molecule has 1 aromatic carbocycles. The molecule has 126 valence electrons. The van der Waals surface area contributed by atoms with Gasteiger partial charge in [-0.3, -0.25) is 4.79 Å². The molecule has 24 heavy (non-hydrogen) atoms. The summed E-state index contributed by atoms with van der Waals surface area (Å²) in [4.78, 5) is 15.8. The zero-order valence-corrected chi connectivity index (χ0v) is 15.1. The van der Waals surface area contributed by atoms with Gasteiger partial charge in [0.05, 0.1) is 17.5 Å². The maximum Gasteiger partial charge on any atom is 0.290 e. The first kappa shape index (κ1) is 17.0. The number of carbonyl (C=O) groups is 1. The van der Waals surface area contributed by atoms with Crippen molar-refractivity contribution in [1.29, 1.82) is 0 Å². The van der Waals surface area contributed by atoms with Gasteiger partial charge < -0.3 is 14.1 Å². The number of halogens is 1. The third kappa shape index (κ3) is 3.34. The molecule has 0 aliphatic carbocycles. The van der Waals surface area contributed by atoms with E-state index < -0.39 is 0 Å². The molecule has 0 unspecified atom stereocenters. The van der Waals surface area contributed by atoms with Crippen molar-refractivity contribution in [2.24, 2.45) is 0 Å². The minimum absolute atomic E-state index is 0.134. The van der Waals surface area contributed by atoms with Crippen LogP contribution in [0.2, 0.25) is 4.34 Å². The molecule has 0 saturated heterocycles. The number of carbonyl (C=O) groups excluding carboxylic acids is 1. The highest BCUT2D eigenvalue weighted by Gasteiger charge is 2.24. The Morgan fingerprint density at radius 2 is 2.08 bits per heavy atom. The van der Waals surface area contributed by atoms with Crippen LogP contribution in [-0.2, 0) is 17.9 Å². The predicted molar refractivity (Wildman–Crippen MR) is 96.7 cm³/mol. The van der Waals surface area contributed by atoms with Crippen LogP contribution in [0.5, 0.6) is 0 Å². The molecule has 0 saturated carbocycles. The lowest BCUT2D eigenvalue weighted by Crippen LogP contribution is -2.30. The molecule has 3 aromatic rings. The summed E-state index contributed by atoms with van der Waals surface area (Å²) in [5.41, 5.74) is 1.49. The van der Waals surface area contributed by atoms with Gasteiger partial charge in [0.2, 0.25) is 0 Å². The van der Waals surface area contributed by atoms with Crippen molar-refractivity contribution in [1.82, 2.24) is 4.90 Å². The summed E-state index contributed by atoms with van der Waals surface area (Å²) in [6, 6.07) is 11.4. The van der Waals surface area contributed by atoms with Gasteiger partial charge in [0.1, 0.15) is 5.58 Å². The largest absolute Gasteiger partial charge is 0.451 e. The number of thiophene rings is 1. The highest BCUT2D eigenvalue weighted by molar-refractivity contribution is 7.16. The normalized spacial score (nSPS) is 11.1. The zero-order valence-electron chi connectivity index (χ0n) is 13.5. The topological polar surface area (TPSA) is 42.7 Å². The Morgan fingerprint density at radius 3 is 2.75 bits per heavy atom. The highest BCUT2D eigenvalue weighted by Crippen LogP contribution is 2.29. The second-order valence-electron chi connectivity index (χ2n) is 5.36. The molecule has 0 bridgehead atoms. The van der Waals surface area contributed by atoms with Crippen LogP contribution in [0.4, 0.5) is 0 Å². The summed E-state index contributed by atoms with van der Waals surface area (Å²) in [6.07, 6.45) is 0.